The lowest BCUT2D eigenvalue weighted by Gasteiger charge is -2.03. The van der Waals surface area contributed by atoms with Crippen molar-refractivity contribution in [3.63, 3.8) is 0 Å². The zero-order valence-corrected chi connectivity index (χ0v) is 7.74. The van der Waals surface area contributed by atoms with Crippen LogP contribution in [-0.4, -0.2) is 18.1 Å². The van der Waals surface area contributed by atoms with Crippen LogP contribution < -0.4 is 10.6 Å². The van der Waals surface area contributed by atoms with Gasteiger partial charge in [0.25, 0.3) is 5.91 Å². The van der Waals surface area contributed by atoms with Gasteiger partial charge in [-0.25, -0.2) is 0 Å². The van der Waals surface area contributed by atoms with Crippen molar-refractivity contribution in [3.05, 3.63) is 23.8 Å². The van der Waals surface area contributed by atoms with E-state index in [4.69, 9.17) is 0 Å². The average molecular weight is 204 g/mol. The number of aldehydes is 1. The lowest BCUT2D eigenvalue weighted by atomic mass is 10.1. The van der Waals surface area contributed by atoms with E-state index in [1.165, 1.54) is 0 Å². The fourth-order valence-corrected chi connectivity index (χ4v) is 1.48. The molecule has 0 aliphatic carbocycles. The van der Waals surface area contributed by atoms with Gasteiger partial charge in [-0.1, -0.05) is 0 Å². The van der Waals surface area contributed by atoms with Crippen LogP contribution in [0.4, 0.5) is 11.4 Å². The number of nitrogens with one attached hydrogen (secondary N) is 2. The van der Waals surface area contributed by atoms with Gasteiger partial charge in [0.2, 0.25) is 12.2 Å². The first-order chi connectivity index (χ1) is 7.19. The van der Waals surface area contributed by atoms with E-state index >= 15 is 0 Å². The Morgan fingerprint density at radius 2 is 2.27 bits per heavy atom. The van der Waals surface area contributed by atoms with E-state index in [-0.39, 0.29) is 12.2 Å². The third-order valence-corrected chi connectivity index (χ3v) is 2.10. The van der Waals surface area contributed by atoms with Crippen molar-refractivity contribution >= 4 is 29.5 Å². The summed E-state index contributed by atoms with van der Waals surface area (Å²) in [5.41, 5.74) is 2.09. The van der Waals surface area contributed by atoms with Crippen LogP contribution in [-0.2, 0) is 20.8 Å². The lowest BCUT2D eigenvalue weighted by Crippen LogP contribution is -2.12. The Hall–Kier alpha value is -2.17. The van der Waals surface area contributed by atoms with Crippen molar-refractivity contribution in [1.82, 2.24) is 0 Å². The number of fused-ring (bicyclic) bond motifs is 1. The summed E-state index contributed by atoms with van der Waals surface area (Å²) in [6, 6.07) is 5.00. The van der Waals surface area contributed by atoms with Crippen LogP contribution in [0.5, 0.6) is 0 Å². The Kier molecular flexibility index (Phi) is 2.21. The predicted octanol–water partition coefficient (Wildman–Crippen LogP) is 0.319. The summed E-state index contributed by atoms with van der Waals surface area (Å²) >= 11 is 0. The zero-order chi connectivity index (χ0) is 10.8. The number of hydrogen-bond donors (Lipinski definition) is 2. The second-order valence-corrected chi connectivity index (χ2v) is 3.20. The molecule has 1 aromatic carbocycles. The van der Waals surface area contributed by atoms with E-state index in [1.807, 2.05) is 0 Å². The predicted molar refractivity (Wildman–Crippen MR) is 53.5 cm³/mol. The largest absolute Gasteiger partial charge is 0.326 e. The Morgan fingerprint density at radius 3 is 3.00 bits per heavy atom. The molecule has 0 radical (unpaired) electrons. The number of rotatable bonds is 2. The van der Waals surface area contributed by atoms with Crippen molar-refractivity contribution in [1.29, 1.82) is 0 Å². The summed E-state index contributed by atoms with van der Waals surface area (Å²) in [6.45, 7) is 0. The van der Waals surface area contributed by atoms with E-state index in [1.54, 1.807) is 18.2 Å². The van der Waals surface area contributed by atoms with Crippen LogP contribution in [0, 0.1) is 0 Å². The SMILES string of the molecule is O=CC(=O)Nc1ccc2c(c1)CC(=O)N2. The molecule has 0 unspecified atom stereocenters. The molecule has 1 aliphatic rings. The van der Waals surface area contributed by atoms with E-state index in [0.29, 0.717) is 12.1 Å². The monoisotopic (exact) mass is 204 g/mol. The first kappa shape index (κ1) is 9.39. The first-order valence-corrected chi connectivity index (χ1v) is 4.38. The molecule has 1 heterocycles. The second kappa shape index (κ2) is 3.53. The fraction of sp³-hybridized carbons (Fsp3) is 0.100. The molecule has 0 saturated carbocycles. The van der Waals surface area contributed by atoms with Crippen LogP contribution in [0.3, 0.4) is 0 Å². The molecule has 2 amide bonds. The zero-order valence-electron chi connectivity index (χ0n) is 7.74. The third kappa shape index (κ3) is 1.85. The molecular formula is C10H8N2O3. The van der Waals surface area contributed by atoms with Gasteiger partial charge in [-0.3, -0.25) is 14.4 Å². The Morgan fingerprint density at radius 1 is 1.47 bits per heavy atom. The molecule has 5 heteroatoms. The summed E-state index contributed by atoms with van der Waals surface area (Å²) in [5.74, 6) is -0.768. The maximum Gasteiger partial charge on any atom is 0.288 e. The molecule has 2 rings (SSSR count). The van der Waals surface area contributed by atoms with Crippen molar-refractivity contribution in [2.24, 2.45) is 0 Å². The Bertz CT molecular complexity index is 454. The van der Waals surface area contributed by atoms with Gasteiger partial charge in [-0.15, -0.1) is 0 Å². The number of anilines is 2. The van der Waals surface area contributed by atoms with Crippen molar-refractivity contribution in [2.75, 3.05) is 10.6 Å². The van der Waals surface area contributed by atoms with Crippen LogP contribution in [0.15, 0.2) is 18.2 Å². The van der Waals surface area contributed by atoms with Crippen molar-refractivity contribution < 1.29 is 14.4 Å². The maximum atomic E-state index is 11.0. The smallest absolute Gasteiger partial charge is 0.288 e. The number of amides is 2. The minimum Gasteiger partial charge on any atom is -0.326 e. The van der Waals surface area contributed by atoms with Gasteiger partial charge < -0.3 is 10.6 Å². The van der Waals surface area contributed by atoms with E-state index in [9.17, 15) is 14.4 Å². The number of carbonyl (C=O) groups excluding carboxylic acids is 3. The molecule has 2 N–H and O–H groups in total. The highest BCUT2D eigenvalue weighted by atomic mass is 16.2. The van der Waals surface area contributed by atoms with Crippen molar-refractivity contribution in [2.45, 2.75) is 6.42 Å². The first-order valence-electron chi connectivity index (χ1n) is 4.38. The second-order valence-electron chi connectivity index (χ2n) is 3.20. The molecule has 0 atom stereocenters. The molecule has 0 saturated heterocycles. The topological polar surface area (TPSA) is 75.3 Å². The van der Waals surface area contributed by atoms with Crippen LogP contribution in [0.2, 0.25) is 0 Å². The van der Waals surface area contributed by atoms with Gasteiger partial charge in [-0.2, -0.15) is 0 Å². The van der Waals surface area contributed by atoms with Gasteiger partial charge in [0, 0.05) is 11.4 Å². The molecule has 0 spiro atoms. The number of benzene rings is 1. The molecule has 1 aromatic rings. The average Bonchev–Trinajstić information content (AvgIpc) is 2.57. The highest BCUT2D eigenvalue weighted by molar-refractivity contribution is 6.29. The van der Waals surface area contributed by atoms with Crippen molar-refractivity contribution in [3.8, 4) is 0 Å². The van der Waals surface area contributed by atoms with Crippen LogP contribution >= 0.6 is 0 Å². The van der Waals surface area contributed by atoms with Gasteiger partial charge in [-0.05, 0) is 23.8 Å². The van der Waals surface area contributed by atoms with Crippen LogP contribution in [0.1, 0.15) is 5.56 Å². The fourth-order valence-electron chi connectivity index (χ4n) is 1.48. The third-order valence-electron chi connectivity index (χ3n) is 2.10. The minimum atomic E-state index is -0.702. The van der Waals surface area contributed by atoms with Gasteiger partial charge in [0.15, 0.2) is 0 Å². The maximum absolute atomic E-state index is 11.0. The normalized spacial score (nSPS) is 12.9. The summed E-state index contributed by atoms with van der Waals surface area (Å²) in [7, 11) is 0. The highest BCUT2D eigenvalue weighted by Crippen LogP contribution is 2.25. The van der Waals surface area contributed by atoms with Gasteiger partial charge >= 0.3 is 0 Å². The Labute approximate surface area is 85.5 Å². The molecular weight excluding hydrogens is 196 g/mol. The number of hydrogen-bond acceptors (Lipinski definition) is 3. The number of carbonyl (C=O) groups is 3. The standard InChI is InChI=1S/C10H8N2O3/c13-5-10(15)11-7-1-2-8-6(3-7)4-9(14)12-8/h1-3,5H,4H2,(H,11,15)(H,12,14). The minimum absolute atomic E-state index is 0.0659. The molecule has 0 bridgehead atoms. The molecule has 1 aliphatic heterocycles. The molecule has 76 valence electrons. The van der Waals surface area contributed by atoms with E-state index in [2.05, 4.69) is 10.6 Å². The molecule has 15 heavy (non-hydrogen) atoms. The summed E-state index contributed by atoms with van der Waals surface area (Å²) in [6.07, 6.45) is 0.511. The lowest BCUT2D eigenvalue weighted by molar-refractivity contribution is -0.127. The molecule has 5 nitrogen and oxygen atoms in total. The van der Waals surface area contributed by atoms with Crippen LogP contribution in [0.25, 0.3) is 0 Å². The highest BCUT2D eigenvalue weighted by Gasteiger charge is 2.17. The van der Waals surface area contributed by atoms with Gasteiger partial charge in [0.05, 0.1) is 6.42 Å². The Balaban J connectivity index is 2.23. The summed E-state index contributed by atoms with van der Waals surface area (Å²) in [5, 5.41) is 5.06. The van der Waals surface area contributed by atoms with E-state index in [0.717, 1.165) is 11.3 Å². The summed E-state index contributed by atoms with van der Waals surface area (Å²) < 4.78 is 0. The van der Waals surface area contributed by atoms with E-state index < -0.39 is 5.91 Å². The molecule has 0 fully saturated rings. The molecule has 0 aromatic heterocycles. The van der Waals surface area contributed by atoms with Gasteiger partial charge in [0.1, 0.15) is 0 Å². The summed E-state index contributed by atoms with van der Waals surface area (Å²) in [4.78, 5) is 31.9. The quantitative estimate of drug-likeness (QED) is 0.538.